The van der Waals surface area contributed by atoms with Gasteiger partial charge in [0.1, 0.15) is 0 Å². The Balaban J connectivity index is 2.10. The van der Waals surface area contributed by atoms with Crippen LogP contribution < -0.4 is 10.5 Å². The molecule has 1 heterocycles. The normalized spacial score (nSPS) is 18.0. The fraction of sp³-hybridized carbons (Fsp3) is 0.600. The molecule has 2 rings (SSSR count). The Bertz CT molecular complexity index is 581. The summed E-state index contributed by atoms with van der Waals surface area (Å²) in [6.45, 7) is 6.94. The van der Waals surface area contributed by atoms with E-state index < -0.39 is 10.0 Å². The van der Waals surface area contributed by atoms with Gasteiger partial charge < -0.3 is 10.6 Å². The SMILES string of the molecule is Cc1ccc(CN)cc1S(=O)(=O)NC(C)CN1CCCC1. The van der Waals surface area contributed by atoms with Gasteiger partial charge in [-0.3, -0.25) is 0 Å². The van der Waals surface area contributed by atoms with Gasteiger partial charge in [0.05, 0.1) is 4.90 Å². The number of aryl methyl sites for hydroxylation is 1. The third-order valence-electron chi connectivity index (χ3n) is 3.86. The lowest BCUT2D eigenvalue weighted by Crippen LogP contribution is -2.41. The largest absolute Gasteiger partial charge is 0.326 e. The van der Waals surface area contributed by atoms with E-state index in [9.17, 15) is 8.42 Å². The zero-order valence-corrected chi connectivity index (χ0v) is 13.6. The predicted octanol–water partition coefficient (Wildman–Crippen LogP) is 1.22. The number of nitrogens with one attached hydrogen (secondary N) is 1. The lowest BCUT2D eigenvalue weighted by Gasteiger charge is -2.21. The highest BCUT2D eigenvalue weighted by Crippen LogP contribution is 2.17. The first-order chi connectivity index (χ1) is 9.92. The van der Waals surface area contributed by atoms with Crippen LogP contribution in [-0.4, -0.2) is 39.0 Å². The van der Waals surface area contributed by atoms with Gasteiger partial charge >= 0.3 is 0 Å². The zero-order valence-electron chi connectivity index (χ0n) is 12.8. The molecular formula is C15H25N3O2S. The molecule has 21 heavy (non-hydrogen) atoms. The molecule has 3 N–H and O–H groups in total. The van der Waals surface area contributed by atoms with Crippen molar-refractivity contribution in [3.63, 3.8) is 0 Å². The number of nitrogens with zero attached hydrogens (tertiary/aromatic N) is 1. The van der Waals surface area contributed by atoms with Crippen LogP contribution in [0.4, 0.5) is 0 Å². The van der Waals surface area contributed by atoms with Gasteiger partial charge in [-0.25, -0.2) is 13.1 Å². The van der Waals surface area contributed by atoms with Gasteiger partial charge in [0, 0.05) is 19.1 Å². The number of hydrogen-bond acceptors (Lipinski definition) is 4. The van der Waals surface area contributed by atoms with Crippen LogP contribution in [0.3, 0.4) is 0 Å². The van der Waals surface area contributed by atoms with Gasteiger partial charge in [-0.2, -0.15) is 0 Å². The molecule has 0 spiro atoms. The van der Waals surface area contributed by atoms with Crippen LogP contribution in [-0.2, 0) is 16.6 Å². The van der Waals surface area contributed by atoms with Crippen LogP contribution in [0, 0.1) is 6.92 Å². The van der Waals surface area contributed by atoms with Crippen molar-refractivity contribution in [3.8, 4) is 0 Å². The van der Waals surface area contributed by atoms with Crippen molar-refractivity contribution in [2.75, 3.05) is 19.6 Å². The van der Waals surface area contributed by atoms with E-state index in [2.05, 4.69) is 9.62 Å². The molecule has 1 aliphatic heterocycles. The molecule has 0 radical (unpaired) electrons. The maximum atomic E-state index is 12.5. The molecule has 1 aliphatic rings. The van der Waals surface area contributed by atoms with Gasteiger partial charge in [-0.05, 0) is 57.0 Å². The minimum absolute atomic E-state index is 0.103. The molecule has 5 nitrogen and oxygen atoms in total. The van der Waals surface area contributed by atoms with E-state index >= 15 is 0 Å². The molecule has 1 unspecified atom stereocenters. The number of benzene rings is 1. The van der Waals surface area contributed by atoms with Crippen LogP contribution in [0.2, 0.25) is 0 Å². The summed E-state index contributed by atoms with van der Waals surface area (Å²) < 4.78 is 27.9. The molecule has 1 aromatic rings. The fourth-order valence-electron chi connectivity index (χ4n) is 2.78. The van der Waals surface area contributed by atoms with E-state index in [1.165, 1.54) is 12.8 Å². The van der Waals surface area contributed by atoms with Gasteiger partial charge in [-0.1, -0.05) is 12.1 Å². The quantitative estimate of drug-likeness (QED) is 0.828. The molecule has 1 atom stereocenters. The van der Waals surface area contributed by atoms with E-state index in [1.54, 1.807) is 13.0 Å². The van der Waals surface area contributed by atoms with Gasteiger partial charge in [0.2, 0.25) is 10.0 Å². The second-order valence-corrected chi connectivity index (χ2v) is 7.52. The predicted molar refractivity (Wildman–Crippen MR) is 84.5 cm³/mol. The Morgan fingerprint density at radius 2 is 2.00 bits per heavy atom. The summed E-state index contributed by atoms with van der Waals surface area (Å²) in [5.74, 6) is 0. The van der Waals surface area contributed by atoms with Crippen molar-refractivity contribution >= 4 is 10.0 Å². The van der Waals surface area contributed by atoms with Crippen molar-refractivity contribution in [1.29, 1.82) is 0 Å². The highest BCUT2D eigenvalue weighted by atomic mass is 32.2. The average Bonchev–Trinajstić information content (AvgIpc) is 2.91. The number of nitrogens with two attached hydrogens (primary N) is 1. The molecule has 0 aliphatic carbocycles. The monoisotopic (exact) mass is 311 g/mol. The topological polar surface area (TPSA) is 75.4 Å². The third kappa shape index (κ3) is 4.26. The molecule has 1 saturated heterocycles. The van der Waals surface area contributed by atoms with Crippen molar-refractivity contribution in [2.24, 2.45) is 5.73 Å². The average molecular weight is 311 g/mol. The summed E-state index contributed by atoms with van der Waals surface area (Å²) in [5, 5.41) is 0. The molecule has 1 fully saturated rings. The first-order valence-corrected chi connectivity index (χ1v) is 8.95. The summed E-state index contributed by atoms with van der Waals surface area (Å²) in [7, 11) is -3.50. The number of hydrogen-bond donors (Lipinski definition) is 2. The van der Waals surface area contributed by atoms with E-state index in [4.69, 9.17) is 5.73 Å². The molecule has 0 bridgehead atoms. The fourth-order valence-corrected chi connectivity index (χ4v) is 4.31. The third-order valence-corrected chi connectivity index (χ3v) is 5.60. The maximum Gasteiger partial charge on any atom is 0.241 e. The molecule has 6 heteroatoms. The lowest BCUT2D eigenvalue weighted by atomic mass is 10.1. The Hall–Kier alpha value is -0.950. The van der Waals surface area contributed by atoms with Crippen molar-refractivity contribution in [2.45, 2.75) is 44.2 Å². The lowest BCUT2D eigenvalue weighted by molar-refractivity contribution is 0.312. The Morgan fingerprint density at radius 1 is 1.33 bits per heavy atom. The smallest absolute Gasteiger partial charge is 0.241 e. The molecule has 0 amide bonds. The van der Waals surface area contributed by atoms with Crippen LogP contribution >= 0.6 is 0 Å². The second kappa shape index (κ2) is 6.87. The summed E-state index contributed by atoms with van der Waals surface area (Å²) in [5.41, 5.74) is 7.17. The summed E-state index contributed by atoms with van der Waals surface area (Å²) in [4.78, 5) is 2.63. The van der Waals surface area contributed by atoms with E-state index in [0.29, 0.717) is 11.4 Å². The maximum absolute atomic E-state index is 12.5. The van der Waals surface area contributed by atoms with E-state index in [1.807, 2.05) is 19.1 Å². The molecule has 0 aromatic heterocycles. The molecule has 1 aromatic carbocycles. The van der Waals surface area contributed by atoms with E-state index in [0.717, 1.165) is 30.8 Å². The second-order valence-electron chi connectivity index (χ2n) is 5.83. The van der Waals surface area contributed by atoms with E-state index in [-0.39, 0.29) is 6.04 Å². The van der Waals surface area contributed by atoms with Crippen molar-refractivity contribution in [3.05, 3.63) is 29.3 Å². The summed E-state index contributed by atoms with van der Waals surface area (Å²) in [6.07, 6.45) is 2.41. The van der Waals surface area contributed by atoms with Crippen molar-refractivity contribution in [1.82, 2.24) is 9.62 Å². The highest BCUT2D eigenvalue weighted by Gasteiger charge is 2.22. The number of rotatable bonds is 6. The molecular weight excluding hydrogens is 286 g/mol. The Morgan fingerprint density at radius 3 is 2.62 bits per heavy atom. The Kier molecular flexibility index (Phi) is 5.37. The first kappa shape index (κ1) is 16.4. The summed E-state index contributed by atoms with van der Waals surface area (Å²) in [6, 6.07) is 5.23. The van der Waals surface area contributed by atoms with Crippen LogP contribution in [0.5, 0.6) is 0 Å². The van der Waals surface area contributed by atoms with Crippen LogP contribution in [0.1, 0.15) is 30.9 Å². The number of likely N-dealkylation sites (tertiary alicyclic amines) is 1. The van der Waals surface area contributed by atoms with Crippen molar-refractivity contribution < 1.29 is 8.42 Å². The number of sulfonamides is 1. The first-order valence-electron chi connectivity index (χ1n) is 7.46. The zero-order chi connectivity index (χ0) is 15.5. The Labute approximate surface area is 127 Å². The molecule has 118 valence electrons. The van der Waals surface area contributed by atoms with Crippen LogP contribution in [0.25, 0.3) is 0 Å². The molecule has 0 saturated carbocycles. The standard InChI is InChI=1S/C15H25N3O2S/c1-12-5-6-14(10-16)9-15(12)21(19,20)17-13(2)11-18-7-3-4-8-18/h5-6,9,13,17H,3-4,7-8,10-11,16H2,1-2H3. The minimum atomic E-state index is -3.50. The van der Waals surface area contributed by atoms with Gasteiger partial charge in [0.25, 0.3) is 0 Å². The van der Waals surface area contributed by atoms with Gasteiger partial charge in [0.15, 0.2) is 0 Å². The van der Waals surface area contributed by atoms with Gasteiger partial charge in [-0.15, -0.1) is 0 Å². The highest BCUT2D eigenvalue weighted by molar-refractivity contribution is 7.89. The van der Waals surface area contributed by atoms with Crippen LogP contribution in [0.15, 0.2) is 23.1 Å². The summed E-state index contributed by atoms with van der Waals surface area (Å²) >= 11 is 0. The minimum Gasteiger partial charge on any atom is -0.326 e.